The minimum Gasteiger partial charge on any atom is -0.334 e. The first-order chi connectivity index (χ1) is 8.97. The van der Waals surface area contributed by atoms with Crippen LogP contribution >= 0.6 is 0 Å². The minimum absolute atomic E-state index is 0.169. The van der Waals surface area contributed by atoms with Gasteiger partial charge in [0.2, 0.25) is 0 Å². The zero-order chi connectivity index (χ0) is 14.0. The fourth-order valence-corrected chi connectivity index (χ4v) is 1.82. The number of aromatic amines is 1. The molecule has 0 fully saturated rings. The maximum atomic E-state index is 11.9. The summed E-state index contributed by atoms with van der Waals surface area (Å²) in [5.74, 6) is 0. The molecule has 1 aromatic carbocycles. The standard InChI is InChI=1S/C14H17N3O2/c1-9-4-5-10-7-11(8-15-14(19)17(2)3)13(18)16-12(10)6-9/h4-7H,8H2,1-3H3,(H,15,19)(H,16,18). The van der Waals surface area contributed by atoms with Crippen molar-refractivity contribution in [2.75, 3.05) is 14.1 Å². The van der Waals surface area contributed by atoms with Crippen LogP contribution < -0.4 is 10.9 Å². The maximum absolute atomic E-state index is 11.9. The van der Waals surface area contributed by atoms with E-state index in [0.717, 1.165) is 16.5 Å². The molecule has 2 rings (SSSR count). The molecule has 1 heterocycles. The van der Waals surface area contributed by atoms with E-state index < -0.39 is 0 Å². The number of hydrogen-bond donors (Lipinski definition) is 2. The van der Waals surface area contributed by atoms with Crippen molar-refractivity contribution in [1.29, 1.82) is 0 Å². The minimum atomic E-state index is -0.219. The molecular formula is C14H17N3O2. The van der Waals surface area contributed by atoms with E-state index in [-0.39, 0.29) is 18.1 Å². The number of hydrogen-bond acceptors (Lipinski definition) is 2. The topological polar surface area (TPSA) is 65.2 Å². The van der Waals surface area contributed by atoms with Crippen LogP contribution in [0.5, 0.6) is 0 Å². The second-order valence-corrected chi connectivity index (χ2v) is 4.77. The third kappa shape index (κ3) is 2.93. The predicted octanol–water partition coefficient (Wildman–Crippen LogP) is 1.61. The van der Waals surface area contributed by atoms with Gasteiger partial charge in [-0.1, -0.05) is 12.1 Å². The van der Waals surface area contributed by atoms with Crippen LogP contribution in [0.25, 0.3) is 10.9 Å². The molecule has 0 aliphatic heterocycles. The lowest BCUT2D eigenvalue weighted by Crippen LogP contribution is -2.35. The summed E-state index contributed by atoms with van der Waals surface area (Å²) in [7, 11) is 3.31. The Bertz CT molecular complexity index is 674. The first-order valence-corrected chi connectivity index (χ1v) is 6.05. The number of pyridine rings is 1. The summed E-state index contributed by atoms with van der Waals surface area (Å²) >= 11 is 0. The molecule has 100 valence electrons. The van der Waals surface area contributed by atoms with Crippen molar-refractivity contribution in [3.8, 4) is 0 Å². The third-order valence-corrected chi connectivity index (χ3v) is 2.91. The van der Waals surface area contributed by atoms with E-state index in [2.05, 4.69) is 10.3 Å². The van der Waals surface area contributed by atoms with Gasteiger partial charge in [0.05, 0.1) is 0 Å². The Balaban J connectivity index is 2.29. The summed E-state index contributed by atoms with van der Waals surface area (Å²) in [6, 6.07) is 7.46. The molecule has 0 atom stereocenters. The van der Waals surface area contributed by atoms with Crippen molar-refractivity contribution in [3.05, 3.63) is 45.7 Å². The molecule has 1 aromatic heterocycles. The second kappa shape index (κ2) is 5.14. The van der Waals surface area contributed by atoms with Gasteiger partial charge in [-0.15, -0.1) is 0 Å². The molecule has 0 bridgehead atoms. The summed E-state index contributed by atoms with van der Waals surface area (Å²) < 4.78 is 0. The summed E-state index contributed by atoms with van der Waals surface area (Å²) in [6.45, 7) is 2.19. The van der Waals surface area contributed by atoms with Gasteiger partial charge in [0.15, 0.2) is 0 Å². The Labute approximate surface area is 111 Å². The lowest BCUT2D eigenvalue weighted by atomic mass is 10.1. The van der Waals surface area contributed by atoms with Crippen LogP contribution in [0.4, 0.5) is 4.79 Å². The molecule has 0 radical (unpaired) electrons. The summed E-state index contributed by atoms with van der Waals surface area (Å²) in [6.07, 6.45) is 0. The van der Waals surface area contributed by atoms with Crippen molar-refractivity contribution in [3.63, 3.8) is 0 Å². The highest BCUT2D eigenvalue weighted by Crippen LogP contribution is 2.12. The summed E-state index contributed by atoms with van der Waals surface area (Å²) in [5.41, 5.74) is 2.29. The molecule has 0 unspecified atom stereocenters. The van der Waals surface area contributed by atoms with Crippen molar-refractivity contribution >= 4 is 16.9 Å². The zero-order valence-corrected chi connectivity index (χ0v) is 11.3. The Morgan fingerprint density at radius 3 is 2.74 bits per heavy atom. The van der Waals surface area contributed by atoms with Crippen molar-refractivity contribution < 1.29 is 4.79 Å². The quantitative estimate of drug-likeness (QED) is 0.860. The number of nitrogens with zero attached hydrogens (tertiary/aromatic N) is 1. The van der Waals surface area contributed by atoms with Crippen LogP contribution in [0, 0.1) is 6.92 Å². The van der Waals surface area contributed by atoms with E-state index in [0.29, 0.717) is 5.56 Å². The number of fused-ring (bicyclic) bond motifs is 1. The fourth-order valence-electron chi connectivity index (χ4n) is 1.82. The van der Waals surface area contributed by atoms with E-state index in [4.69, 9.17) is 0 Å². The van der Waals surface area contributed by atoms with E-state index in [1.165, 1.54) is 4.90 Å². The van der Waals surface area contributed by atoms with Crippen molar-refractivity contribution in [2.24, 2.45) is 0 Å². The van der Waals surface area contributed by atoms with Crippen LogP contribution in [0.1, 0.15) is 11.1 Å². The van der Waals surface area contributed by atoms with Crippen molar-refractivity contribution in [2.45, 2.75) is 13.5 Å². The van der Waals surface area contributed by atoms with E-state index in [9.17, 15) is 9.59 Å². The molecule has 5 nitrogen and oxygen atoms in total. The fraction of sp³-hybridized carbons (Fsp3) is 0.286. The Hall–Kier alpha value is -2.30. The van der Waals surface area contributed by atoms with Crippen LogP contribution in [0.2, 0.25) is 0 Å². The number of nitrogens with one attached hydrogen (secondary N) is 2. The smallest absolute Gasteiger partial charge is 0.317 e. The molecule has 5 heteroatoms. The van der Waals surface area contributed by atoms with Crippen LogP contribution in [0.15, 0.2) is 29.1 Å². The number of aromatic nitrogens is 1. The Morgan fingerprint density at radius 1 is 1.32 bits per heavy atom. The van der Waals surface area contributed by atoms with E-state index in [1.807, 2.05) is 31.2 Å². The van der Waals surface area contributed by atoms with Gasteiger partial charge < -0.3 is 15.2 Å². The average Bonchev–Trinajstić information content (AvgIpc) is 2.35. The van der Waals surface area contributed by atoms with E-state index in [1.54, 1.807) is 14.1 Å². The molecule has 19 heavy (non-hydrogen) atoms. The number of amides is 2. The first-order valence-electron chi connectivity index (χ1n) is 6.05. The maximum Gasteiger partial charge on any atom is 0.317 e. The summed E-state index contributed by atoms with van der Waals surface area (Å²) in [4.78, 5) is 27.6. The molecular weight excluding hydrogens is 242 g/mol. The first kappa shape index (κ1) is 13.1. The number of rotatable bonds is 2. The van der Waals surface area contributed by atoms with Gasteiger partial charge in [-0.3, -0.25) is 4.79 Å². The number of H-pyrrole nitrogens is 1. The molecule has 0 saturated carbocycles. The molecule has 0 saturated heterocycles. The highest BCUT2D eigenvalue weighted by Gasteiger charge is 2.06. The normalized spacial score (nSPS) is 10.5. The van der Waals surface area contributed by atoms with Gasteiger partial charge >= 0.3 is 6.03 Å². The van der Waals surface area contributed by atoms with Crippen molar-refractivity contribution in [1.82, 2.24) is 15.2 Å². The molecule has 2 aromatic rings. The van der Waals surface area contributed by atoms with Gasteiger partial charge in [-0.25, -0.2) is 4.79 Å². The number of urea groups is 1. The van der Waals surface area contributed by atoms with Gasteiger partial charge in [0, 0.05) is 31.7 Å². The lowest BCUT2D eigenvalue weighted by molar-refractivity contribution is 0.217. The van der Waals surface area contributed by atoms with Gasteiger partial charge in [-0.2, -0.15) is 0 Å². The largest absolute Gasteiger partial charge is 0.334 e. The number of benzene rings is 1. The number of carbonyl (C=O) groups excluding carboxylic acids is 1. The van der Waals surface area contributed by atoms with Crippen LogP contribution in [-0.4, -0.2) is 30.0 Å². The van der Waals surface area contributed by atoms with Crippen LogP contribution in [0.3, 0.4) is 0 Å². The molecule has 2 N–H and O–H groups in total. The Morgan fingerprint density at radius 2 is 2.05 bits per heavy atom. The van der Waals surface area contributed by atoms with Crippen LogP contribution in [-0.2, 0) is 6.54 Å². The highest BCUT2D eigenvalue weighted by molar-refractivity contribution is 5.79. The third-order valence-electron chi connectivity index (χ3n) is 2.91. The predicted molar refractivity (Wildman–Crippen MR) is 75.2 cm³/mol. The summed E-state index contributed by atoms with van der Waals surface area (Å²) in [5, 5.41) is 3.64. The molecule has 0 spiro atoms. The monoisotopic (exact) mass is 259 g/mol. The number of carbonyl (C=O) groups is 1. The Kier molecular flexibility index (Phi) is 3.55. The lowest BCUT2D eigenvalue weighted by Gasteiger charge is -2.11. The van der Waals surface area contributed by atoms with Gasteiger partial charge in [-0.05, 0) is 30.0 Å². The molecule has 0 aliphatic carbocycles. The highest BCUT2D eigenvalue weighted by atomic mass is 16.2. The average molecular weight is 259 g/mol. The SMILES string of the molecule is Cc1ccc2cc(CNC(=O)N(C)C)c(=O)[nH]c2c1. The number of aryl methyl sites for hydroxylation is 1. The molecule has 2 amide bonds. The van der Waals surface area contributed by atoms with E-state index >= 15 is 0 Å². The second-order valence-electron chi connectivity index (χ2n) is 4.77. The zero-order valence-electron chi connectivity index (χ0n) is 11.3. The molecule has 0 aliphatic rings. The van der Waals surface area contributed by atoms with Gasteiger partial charge in [0.25, 0.3) is 5.56 Å². The van der Waals surface area contributed by atoms with Gasteiger partial charge in [0.1, 0.15) is 0 Å².